The van der Waals surface area contributed by atoms with Crippen molar-refractivity contribution >= 4 is 11.6 Å². The summed E-state index contributed by atoms with van der Waals surface area (Å²) < 4.78 is 1.81. The number of nitrogens with two attached hydrogens (primary N) is 1. The minimum absolute atomic E-state index is 0.341. The van der Waals surface area contributed by atoms with Gasteiger partial charge in [-0.25, -0.2) is 4.52 Å². The summed E-state index contributed by atoms with van der Waals surface area (Å²) in [5.74, 6) is 0.818. The van der Waals surface area contributed by atoms with E-state index in [-0.39, 0.29) is 0 Å². The highest BCUT2D eigenvalue weighted by molar-refractivity contribution is 5.44. The lowest BCUT2D eigenvalue weighted by Gasteiger charge is -2.28. The Morgan fingerprint density at radius 3 is 2.81 bits per heavy atom. The highest BCUT2D eigenvalue weighted by Crippen LogP contribution is 2.16. The molecule has 5 heteroatoms. The van der Waals surface area contributed by atoms with Crippen molar-refractivity contribution in [1.29, 1.82) is 0 Å². The molecule has 3 heterocycles. The maximum atomic E-state index is 5.88. The molecule has 0 spiro atoms. The summed E-state index contributed by atoms with van der Waals surface area (Å²) in [4.78, 5) is 6.70. The van der Waals surface area contributed by atoms with Crippen molar-refractivity contribution < 1.29 is 0 Å². The van der Waals surface area contributed by atoms with Crippen LogP contribution in [0.5, 0.6) is 0 Å². The molecule has 1 aliphatic rings. The molecule has 0 unspecified atom stereocenters. The summed E-state index contributed by atoms with van der Waals surface area (Å²) in [5, 5.41) is 4.45. The Labute approximate surface area is 93.9 Å². The molecule has 1 fully saturated rings. The summed E-state index contributed by atoms with van der Waals surface area (Å²) in [7, 11) is 0. The molecule has 2 aromatic heterocycles. The van der Waals surface area contributed by atoms with Gasteiger partial charge in [-0.05, 0) is 25.0 Å². The summed E-state index contributed by atoms with van der Waals surface area (Å²) in [6.45, 7) is 1.91. The van der Waals surface area contributed by atoms with Gasteiger partial charge in [0, 0.05) is 25.3 Å². The fraction of sp³-hybridized carbons (Fsp3) is 0.455. The smallest absolute Gasteiger partial charge is 0.245 e. The van der Waals surface area contributed by atoms with E-state index >= 15 is 0 Å². The van der Waals surface area contributed by atoms with Gasteiger partial charge < -0.3 is 10.6 Å². The fourth-order valence-electron chi connectivity index (χ4n) is 2.05. The topological polar surface area (TPSA) is 59.5 Å². The van der Waals surface area contributed by atoms with E-state index in [4.69, 9.17) is 5.73 Å². The van der Waals surface area contributed by atoms with Gasteiger partial charge in [0.05, 0.1) is 0 Å². The molecular weight excluding hydrogens is 202 g/mol. The van der Waals surface area contributed by atoms with E-state index in [1.54, 1.807) is 0 Å². The second kappa shape index (κ2) is 3.75. The zero-order valence-corrected chi connectivity index (χ0v) is 9.08. The minimum atomic E-state index is 0.341. The van der Waals surface area contributed by atoms with E-state index in [1.807, 2.05) is 28.9 Å². The van der Waals surface area contributed by atoms with Gasteiger partial charge >= 0.3 is 0 Å². The normalized spacial score (nSPS) is 18.2. The van der Waals surface area contributed by atoms with Crippen LogP contribution in [0.4, 0.5) is 5.95 Å². The first-order valence-electron chi connectivity index (χ1n) is 5.65. The van der Waals surface area contributed by atoms with Crippen molar-refractivity contribution in [1.82, 2.24) is 14.6 Å². The van der Waals surface area contributed by atoms with Gasteiger partial charge in [0.2, 0.25) is 5.95 Å². The molecule has 1 saturated heterocycles. The van der Waals surface area contributed by atoms with Gasteiger partial charge in [0.15, 0.2) is 5.65 Å². The van der Waals surface area contributed by atoms with Crippen molar-refractivity contribution in [3.05, 3.63) is 24.4 Å². The first-order chi connectivity index (χ1) is 7.83. The van der Waals surface area contributed by atoms with Gasteiger partial charge in [0.25, 0.3) is 0 Å². The Morgan fingerprint density at radius 1 is 1.25 bits per heavy atom. The van der Waals surface area contributed by atoms with Crippen molar-refractivity contribution in [3.63, 3.8) is 0 Å². The van der Waals surface area contributed by atoms with E-state index in [1.165, 1.54) is 0 Å². The van der Waals surface area contributed by atoms with Crippen LogP contribution in [0.2, 0.25) is 0 Å². The largest absolute Gasteiger partial charge is 0.339 e. The average molecular weight is 217 g/mol. The Bertz CT molecular complexity index is 451. The van der Waals surface area contributed by atoms with Crippen LogP contribution in [0, 0.1) is 0 Å². The number of hydrogen-bond donors (Lipinski definition) is 1. The number of hydrogen-bond acceptors (Lipinski definition) is 4. The quantitative estimate of drug-likeness (QED) is 0.762. The van der Waals surface area contributed by atoms with Crippen LogP contribution in [-0.4, -0.2) is 33.7 Å². The fourth-order valence-corrected chi connectivity index (χ4v) is 2.05. The van der Waals surface area contributed by atoms with Crippen molar-refractivity contribution in [2.45, 2.75) is 18.9 Å². The van der Waals surface area contributed by atoms with E-state index in [0.29, 0.717) is 6.04 Å². The van der Waals surface area contributed by atoms with Crippen LogP contribution in [0.3, 0.4) is 0 Å². The maximum Gasteiger partial charge on any atom is 0.245 e. The third-order valence-electron chi connectivity index (χ3n) is 3.05. The molecule has 0 atom stereocenters. The Hall–Kier alpha value is -1.62. The molecule has 2 aromatic rings. The zero-order valence-electron chi connectivity index (χ0n) is 9.08. The predicted octanol–water partition coefficient (Wildman–Crippen LogP) is 0.657. The van der Waals surface area contributed by atoms with E-state index in [2.05, 4.69) is 15.0 Å². The number of piperidine rings is 1. The predicted molar refractivity (Wildman–Crippen MR) is 62.4 cm³/mol. The first kappa shape index (κ1) is 9.59. The summed E-state index contributed by atoms with van der Waals surface area (Å²) >= 11 is 0. The molecule has 0 aliphatic carbocycles. The van der Waals surface area contributed by atoms with Gasteiger partial charge in [-0.15, -0.1) is 5.10 Å². The molecule has 0 radical (unpaired) electrons. The lowest BCUT2D eigenvalue weighted by atomic mass is 10.1. The second-order valence-electron chi connectivity index (χ2n) is 4.24. The third kappa shape index (κ3) is 1.63. The van der Waals surface area contributed by atoms with Crippen LogP contribution in [0.15, 0.2) is 24.4 Å². The van der Waals surface area contributed by atoms with Crippen LogP contribution in [0.1, 0.15) is 12.8 Å². The monoisotopic (exact) mass is 217 g/mol. The highest BCUT2D eigenvalue weighted by Gasteiger charge is 2.19. The van der Waals surface area contributed by atoms with Gasteiger partial charge in [0.1, 0.15) is 0 Å². The van der Waals surface area contributed by atoms with E-state index in [9.17, 15) is 0 Å². The minimum Gasteiger partial charge on any atom is -0.339 e. The van der Waals surface area contributed by atoms with E-state index in [0.717, 1.165) is 37.5 Å². The highest BCUT2D eigenvalue weighted by atomic mass is 15.4. The lowest BCUT2D eigenvalue weighted by Crippen LogP contribution is -2.40. The molecule has 16 heavy (non-hydrogen) atoms. The van der Waals surface area contributed by atoms with Crippen LogP contribution < -0.4 is 10.6 Å². The number of pyridine rings is 1. The van der Waals surface area contributed by atoms with E-state index < -0.39 is 0 Å². The van der Waals surface area contributed by atoms with Gasteiger partial charge in [-0.2, -0.15) is 4.98 Å². The van der Waals surface area contributed by atoms with Crippen LogP contribution >= 0.6 is 0 Å². The van der Waals surface area contributed by atoms with Gasteiger partial charge in [-0.3, -0.25) is 0 Å². The number of fused-ring (bicyclic) bond motifs is 1. The molecule has 3 rings (SSSR count). The second-order valence-corrected chi connectivity index (χ2v) is 4.24. The molecule has 5 nitrogen and oxygen atoms in total. The standard InChI is InChI=1S/C11H15N5/c12-9-4-7-15(8-5-9)11-13-10-3-1-2-6-16(10)14-11/h1-3,6,9H,4-5,7-8,12H2. The molecule has 1 aliphatic heterocycles. The SMILES string of the molecule is NC1CCN(c2nc3ccccn3n2)CC1. The average Bonchev–Trinajstić information content (AvgIpc) is 2.73. The Balaban J connectivity index is 1.88. The van der Waals surface area contributed by atoms with Crippen molar-refractivity contribution in [3.8, 4) is 0 Å². The van der Waals surface area contributed by atoms with Crippen molar-refractivity contribution in [2.75, 3.05) is 18.0 Å². The number of rotatable bonds is 1. The Kier molecular flexibility index (Phi) is 2.25. The molecule has 0 saturated carbocycles. The lowest BCUT2D eigenvalue weighted by molar-refractivity contribution is 0.495. The maximum absolute atomic E-state index is 5.88. The summed E-state index contributed by atoms with van der Waals surface area (Å²) in [5.41, 5.74) is 6.77. The number of nitrogens with zero attached hydrogens (tertiary/aromatic N) is 4. The molecule has 0 amide bonds. The zero-order chi connectivity index (χ0) is 11.0. The van der Waals surface area contributed by atoms with Crippen molar-refractivity contribution in [2.24, 2.45) is 5.73 Å². The first-order valence-corrected chi connectivity index (χ1v) is 5.65. The molecule has 2 N–H and O–H groups in total. The summed E-state index contributed by atoms with van der Waals surface area (Å²) in [6, 6.07) is 6.23. The molecule has 0 bridgehead atoms. The number of aromatic nitrogens is 3. The summed E-state index contributed by atoms with van der Waals surface area (Å²) in [6.07, 6.45) is 3.96. The molecule has 0 aromatic carbocycles. The van der Waals surface area contributed by atoms with Gasteiger partial charge in [-0.1, -0.05) is 6.07 Å². The van der Waals surface area contributed by atoms with Crippen LogP contribution in [-0.2, 0) is 0 Å². The Morgan fingerprint density at radius 2 is 2.06 bits per heavy atom. The third-order valence-corrected chi connectivity index (χ3v) is 3.05. The van der Waals surface area contributed by atoms with Crippen LogP contribution in [0.25, 0.3) is 5.65 Å². The molecule has 84 valence electrons. The number of anilines is 1. The molecular formula is C11H15N5.